The Bertz CT molecular complexity index is 1100. The number of benzene rings is 1. The summed E-state index contributed by atoms with van der Waals surface area (Å²) in [5.41, 5.74) is 0.403. The lowest BCUT2D eigenvalue weighted by Gasteiger charge is -2.34. The van der Waals surface area contributed by atoms with Crippen molar-refractivity contribution in [3.63, 3.8) is 0 Å². The Morgan fingerprint density at radius 3 is 2.68 bits per heavy atom. The lowest BCUT2D eigenvalue weighted by Crippen LogP contribution is -2.38. The van der Waals surface area contributed by atoms with Gasteiger partial charge in [-0.3, -0.25) is 4.79 Å². The summed E-state index contributed by atoms with van der Waals surface area (Å²) in [5, 5.41) is 2.86. The number of halogens is 3. The summed E-state index contributed by atoms with van der Waals surface area (Å²) in [5.74, 6) is 1.11. The fourth-order valence-corrected chi connectivity index (χ4v) is 4.60. The highest BCUT2D eigenvalue weighted by Gasteiger charge is 2.35. The molecule has 1 amide bonds. The van der Waals surface area contributed by atoms with Crippen molar-refractivity contribution in [3.8, 4) is 0 Å². The summed E-state index contributed by atoms with van der Waals surface area (Å²) in [7, 11) is 0. The van der Waals surface area contributed by atoms with Gasteiger partial charge in [-0.1, -0.05) is 23.9 Å². The Hall–Kier alpha value is -3.01. The Morgan fingerprint density at radius 1 is 1.21 bits per heavy atom. The first-order valence-electron chi connectivity index (χ1n) is 11.0. The molecule has 1 aliphatic heterocycles. The zero-order valence-corrected chi connectivity index (χ0v) is 19.5. The van der Waals surface area contributed by atoms with Gasteiger partial charge in [0, 0.05) is 30.0 Å². The molecule has 0 saturated carbocycles. The summed E-state index contributed by atoms with van der Waals surface area (Å²) in [6, 6.07) is 11.6. The van der Waals surface area contributed by atoms with Gasteiger partial charge < -0.3 is 14.6 Å². The number of carbonyl (C=O) groups excluding carboxylic acids is 1. The standard InChI is InChI=1S/C24H25F3N4O2S/c1-16-5-2-3-11-31(16)21-13-20(24(25,26)27)29-23(30-21)34-15-17-7-9-18(10-8-17)22(32)28-14-19-6-4-12-33-19/h4,6-10,12-13,16H,2-3,5,11,14-15H2,1H3,(H,28,32). The van der Waals surface area contributed by atoms with Gasteiger partial charge in [-0.2, -0.15) is 13.2 Å². The van der Waals surface area contributed by atoms with E-state index < -0.39 is 11.9 Å². The maximum atomic E-state index is 13.5. The van der Waals surface area contributed by atoms with Crippen LogP contribution in [0.4, 0.5) is 19.0 Å². The second-order valence-corrected chi connectivity index (χ2v) is 9.12. The van der Waals surface area contributed by atoms with Gasteiger partial charge in [0.15, 0.2) is 10.9 Å². The molecule has 4 rings (SSSR count). The minimum Gasteiger partial charge on any atom is -0.467 e. The van der Waals surface area contributed by atoms with Gasteiger partial charge >= 0.3 is 6.18 Å². The Morgan fingerprint density at radius 2 is 2.00 bits per heavy atom. The molecule has 34 heavy (non-hydrogen) atoms. The minimum atomic E-state index is -4.54. The molecule has 2 aromatic heterocycles. The Kier molecular flexibility index (Phi) is 7.45. The highest BCUT2D eigenvalue weighted by molar-refractivity contribution is 7.98. The average molecular weight is 491 g/mol. The van der Waals surface area contributed by atoms with Crippen molar-refractivity contribution in [1.82, 2.24) is 15.3 Å². The van der Waals surface area contributed by atoms with Crippen LogP contribution >= 0.6 is 11.8 Å². The van der Waals surface area contributed by atoms with Crippen LogP contribution in [0, 0.1) is 0 Å². The van der Waals surface area contributed by atoms with E-state index in [1.54, 1.807) is 36.4 Å². The molecule has 0 bridgehead atoms. The molecule has 1 saturated heterocycles. The van der Waals surface area contributed by atoms with Gasteiger partial charge in [0.1, 0.15) is 11.6 Å². The maximum Gasteiger partial charge on any atom is 0.433 e. The molecule has 1 fully saturated rings. The third-order valence-corrected chi connectivity index (χ3v) is 6.59. The summed E-state index contributed by atoms with van der Waals surface area (Å²) < 4.78 is 45.7. The van der Waals surface area contributed by atoms with Crippen molar-refractivity contribution in [1.29, 1.82) is 0 Å². The minimum absolute atomic E-state index is 0.0860. The van der Waals surface area contributed by atoms with E-state index in [-0.39, 0.29) is 23.7 Å². The van der Waals surface area contributed by atoms with Crippen molar-refractivity contribution < 1.29 is 22.4 Å². The van der Waals surface area contributed by atoms with Crippen molar-refractivity contribution in [2.75, 3.05) is 11.4 Å². The summed E-state index contributed by atoms with van der Waals surface area (Å²) in [6.07, 6.45) is -0.0863. The van der Waals surface area contributed by atoms with E-state index in [1.807, 2.05) is 11.8 Å². The fraction of sp³-hybridized carbons (Fsp3) is 0.375. The second-order valence-electron chi connectivity index (χ2n) is 8.18. The number of carbonyl (C=O) groups is 1. The molecule has 3 aromatic rings. The number of nitrogens with zero attached hydrogens (tertiary/aromatic N) is 3. The van der Waals surface area contributed by atoms with E-state index >= 15 is 0 Å². The third kappa shape index (κ3) is 6.11. The van der Waals surface area contributed by atoms with Crippen molar-refractivity contribution in [2.45, 2.75) is 55.9 Å². The van der Waals surface area contributed by atoms with Crippen LogP contribution in [-0.4, -0.2) is 28.5 Å². The Balaban J connectivity index is 1.43. The van der Waals surface area contributed by atoms with Crippen LogP contribution in [0.3, 0.4) is 0 Å². The molecule has 6 nitrogen and oxygen atoms in total. The van der Waals surface area contributed by atoms with E-state index in [1.165, 1.54) is 6.26 Å². The lowest BCUT2D eigenvalue weighted by molar-refractivity contribution is -0.141. The molecule has 1 aromatic carbocycles. The summed E-state index contributed by atoms with van der Waals surface area (Å²) in [4.78, 5) is 22.4. The number of furan rings is 1. The first-order valence-corrected chi connectivity index (χ1v) is 12.0. The number of alkyl halides is 3. The van der Waals surface area contributed by atoms with E-state index in [4.69, 9.17) is 4.42 Å². The number of piperidine rings is 1. The van der Waals surface area contributed by atoms with E-state index in [0.29, 0.717) is 29.4 Å². The third-order valence-electron chi connectivity index (χ3n) is 5.67. The molecule has 0 aliphatic carbocycles. The van der Waals surface area contributed by atoms with Crippen LogP contribution < -0.4 is 10.2 Å². The normalized spacial score (nSPS) is 16.5. The molecule has 10 heteroatoms. The van der Waals surface area contributed by atoms with Gasteiger partial charge in [-0.15, -0.1) is 0 Å². The van der Waals surface area contributed by atoms with Crippen LogP contribution in [0.2, 0.25) is 0 Å². The number of nitrogens with one attached hydrogen (secondary N) is 1. The number of thioether (sulfide) groups is 1. The Labute approximate surface area is 200 Å². The van der Waals surface area contributed by atoms with Crippen LogP contribution in [0.5, 0.6) is 0 Å². The average Bonchev–Trinajstić information content (AvgIpc) is 3.35. The topological polar surface area (TPSA) is 71.3 Å². The molecular formula is C24H25F3N4O2S. The molecule has 1 atom stereocenters. The molecule has 0 radical (unpaired) electrons. The summed E-state index contributed by atoms with van der Waals surface area (Å²) >= 11 is 1.14. The highest BCUT2D eigenvalue weighted by Crippen LogP contribution is 2.33. The quantitative estimate of drug-likeness (QED) is 0.339. The predicted molar refractivity (Wildman–Crippen MR) is 124 cm³/mol. The highest BCUT2D eigenvalue weighted by atomic mass is 32.2. The molecule has 3 heterocycles. The van der Waals surface area contributed by atoms with Crippen molar-refractivity contribution in [3.05, 3.63) is 71.3 Å². The van der Waals surface area contributed by atoms with Crippen LogP contribution in [0.25, 0.3) is 0 Å². The van der Waals surface area contributed by atoms with E-state index in [9.17, 15) is 18.0 Å². The van der Waals surface area contributed by atoms with Crippen molar-refractivity contribution >= 4 is 23.5 Å². The first-order chi connectivity index (χ1) is 16.3. The van der Waals surface area contributed by atoms with Gasteiger partial charge in [0.2, 0.25) is 0 Å². The number of hydrogen-bond donors (Lipinski definition) is 1. The second kappa shape index (κ2) is 10.5. The largest absolute Gasteiger partial charge is 0.467 e. The summed E-state index contributed by atoms with van der Waals surface area (Å²) in [6.45, 7) is 2.98. The van der Waals surface area contributed by atoms with Gasteiger partial charge in [0.25, 0.3) is 5.91 Å². The predicted octanol–water partition coefficient (Wildman–Crippen LogP) is 5.69. The van der Waals surface area contributed by atoms with Crippen LogP contribution in [-0.2, 0) is 18.5 Å². The van der Waals surface area contributed by atoms with E-state index in [0.717, 1.165) is 42.7 Å². The first kappa shape index (κ1) is 24.1. The van der Waals surface area contributed by atoms with Gasteiger partial charge in [0.05, 0.1) is 12.8 Å². The maximum absolute atomic E-state index is 13.5. The lowest BCUT2D eigenvalue weighted by atomic mass is 10.0. The van der Waals surface area contributed by atoms with Gasteiger partial charge in [-0.25, -0.2) is 9.97 Å². The monoisotopic (exact) mass is 490 g/mol. The van der Waals surface area contributed by atoms with Crippen LogP contribution in [0.15, 0.2) is 58.3 Å². The molecule has 1 N–H and O–H groups in total. The molecular weight excluding hydrogens is 465 g/mol. The number of rotatable bonds is 7. The van der Waals surface area contributed by atoms with Crippen LogP contribution in [0.1, 0.15) is 53.6 Å². The number of amides is 1. The number of hydrogen-bond acceptors (Lipinski definition) is 6. The fourth-order valence-electron chi connectivity index (χ4n) is 3.79. The smallest absolute Gasteiger partial charge is 0.433 e. The molecule has 1 unspecified atom stereocenters. The molecule has 0 spiro atoms. The number of aromatic nitrogens is 2. The number of anilines is 1. The van der Waals surface area contributed by atoms with E-state index in [2.05, 4.69) is 15.3 Å². The zero-order chi connectivity index (χ0) is 24.1. The van der Waals surface area contributed by atoms with Crippen molar-refractivity contribution in [2.24, 2.45) is 0 Å². The van der Waals surface area contributed by atoms with Gasteiger partial charge in [-0.05, 0) is 56.0 Å². The zero-order valence-electron chi connectivity index (χ0n) is 18.6. The SMILES string of the molecule is CC1CCCCN1c1cc(C(F)(F)F)nc(SCc2ccc(C(=O)NCc3ccco3)cc2)n1. The molecule has 180 valence electrons. The molecule has 1 aliphatic rings.